The first-order valence-electron chi connectivity index (χ1n) is 3.54. The quantitative estimate of drug-likeness (QED) is 0.696. The van der Waals surface area contributed by atoms with Crippen LogP contribution in [0.2, 0.25) is 0 Å². The molecule has 0 saturated carbocycles. The maximum absolute atomic E-state index is 9.11. The lowest BCUT2D eigenvalue weighted by molar-refractivity contribution is 0.472. The molecule has 2 aromatic rings. The molecule has 12 heavy (non-hydrogen) atoms. The van der Waals surface area contributed by atoms with Gasteiger partial charge in [0.2, 0.25) is 0 Å². The summed E-state index contributed by atoms with van der Waals surface area (Å²) < 4.78 is 5.12. The molecular formula is C9H7NO2. The predicted molar refractivity (Wildman–Crippen MR) is 43.6 cm³/mol. The van der Waals surface area contributed by atoms with Crippen molar-refractivity contribution in [2.45, 2.75) is 0 Å². The lowest BCUT2D eigenvalue weighted by Gasteiger charge is -1.95. The number of rotatable bonds is 1. The number of aromatic nitrogens is 1. The monoisotopic (exact) mass is 161 g/mol. The van der Waals surface area contributed by atoms with Crippen molar-refractivity contribution < 1.29 is 9.52 Å². The number of pyridine rings is 1. The summed E-state index contributed by atoms with van der Waals surface area (Å²) in [6.07, 6.45) is 4.60. The van der Waals surface area contributed by atoms with Gasteiger partial charge in [0.1, 0.15) is 11.5 Å². The Balaban J connectivity index is 2.48. The van der Waals surface area contributed by atoms with E-state index in [9.17, 15) is 0 Å². The third-order valence-electron chi connectivity index (χ3n) is 1.53. The summed E-state index contributed by atoms with van der Waals surface area (Å²) in [6, 6.07) is 5.21. The number of hydrogen-bond acceptors (Lipinski definition) is 3. The average molecular weight is 161 g/mol. The minimum absolute atomic E-state index is 0.143. The number of aromatic hydroxyl groups is 1. The molecule has 2 rings (SSSR count). The highest BCUT2D eigenvalue weighted by molar-refractivity contribution is 5.57. The van der Waals surface area contributed by atoms with Crippen molar-refractivity contribution in [1.82, 2.24) is 4.98 Å². The molecule has 0 atom stereocenters. The summed E-state index contributed by atoms with van der Waals surface area (Å²) in [7, 11) is 0. The molecule has 2 heterocycles. The number of nitrogens with zero attached hydrogens (tertiary/aromatic N) is 1. The molecule has 0 aromatic carbocycles. The summed E-state index contributed by atoms with van der Waals surface area (Å²) in [5, 5.41) is 9.11. The van der Waals surface area contributed by atoms with Crippen LogP contribution >= 0.6 is 0 Å². The maximum Gasteiger partial charge on any atom is 0.135 e. The van der Waals surface area contributed by atoms with Crippen molar-refractivity contribution in [1.29, 1.82) is 0 Å². The second-order valence-corrected chi connectivity index (χ2v) is 2.41. The fourth-order valence-corrected chi connectivity index (χ4v) is 1.01. The van der Waals surface area contributed by atoms with E-state index in [0.29, 0.717) is 5.76 Å². The third-order valence-corrected chi connectivity index (χ3v) is 1.53. The van der Waals surface area contributed by atoms with E-state index in [1.165, 1.54) is 6.20 Å². The molecule has 60 valence electrons. The lowest BCUT2D eigenvalue weighted by Crippen LogP contribution is -1.75. The summed E-state index contributed by atoms with van der Waals surface area (Å²) in [5.74, 6) is 0.849. The molecule has 2 aromatic heterocycles. The van der Waals surface area contributed by atoms with Crippen LogP contribution in [0, 0.1) is 0 Å². The zero-order valence-corrected chi connectivity index (χ0v) is 6.27. The van der Waals surface area contributed by atoms with Crippen molar-refractivity contribution in [3.63, 3.8) is 0 Å². The van der Waals surface area contributed by atoms with Crippen LogP contribution in [0.1, 0.15) is 0 Å². The molecule has 0 aliphatic carbocycles. The normalized spacial score (nSPS) is 10.0. The van der Waals surface area contributed by atoms with Gasteiger partial charge in [0.25, 0.3) is 0 Å². The van der Waals surface area contributed by atoms with E-state index in [-0.39, 0.29) is 5.75 Å². The van der Waals surface area contributed by atoms with Gasteiger partial charge in [0.15, 0.2) is 0 Å². The molecule has 0 saturated heterocycles. The largest absolute Gasteiger partial charge is 0.506 e. The lowest BCUT2D eigenvalue weighted by atomic mass is 10.2. The summed E-state index contributed by atoms with van der Waals surface area (Å²) in [4.78, 5) is 3.83. The van der Waals surface area contributed by atoms with Gasteiger partial charge in [-0.15, -0.1) is 0 Å². The van der Waals surface area contributed by atoms with E-state index in [4.69, 9.17) is 9.52 Å². The first-order valence-corrected chi connectivity index (χ1v) is 3.54. The fourth-order valence-electron chi connectivity index (χ4n) is 1.01. The minimum atomic E-state index is 0.143. The number of hydrogen-bond donors (Lipinski definition) is 1. The fraction of sp³-hybridized carbons (Fsp3) is 0. The molecule has 0 aliphatic heterocycles. The Hall–Kier alpha value is -1.77. The van der Waals surface area contributed by atoms with Crippen LogP contribution in [0.15, 0.2) is 41.3 Å². The van der Waals surface area contributed by atoms with E-state index in [1.54, 1.807) is 24.6 Å². The SMILES string of the molecule is Oc1cncc(-c2ccco2)c1. The predicted octanol–water partition coefficient (Wildman–Crippen LogP) is 2.05. The summed E-state index contributed by atoms with van der Waals surface area (Å²) >= 11 is 0. The first kappa shape index (κ1) is 6.91. The van der Waals surface area contributed by atoms with E-state index in [2.05, 4.69) is 4.98 Å². The Labute approximate surface area is 69.3 Å². The van der Waals surface area contributed by atoms with Crippen molar-refractivity contribution in [3.8, 4) is 17.1 Å². The van der Waals surface area contributed by atoms with Gasteiger partial charge >= 0.3 is 0 Å². The maximum atomic E-state index is 9.11. The molecule has 0 fully saturated rings. The van der Waals surface area contributed by atoms with E-state index in [1.807, 2.05) is 6.07 Å². The van der Waals surface area contributed by atoms with Crippen molar-refractivity contribution in [2.24, 2.45) is 0 Å². The van der Waals surface area contributed by atoms with Gasteiger partial charge in [-0.25, -0.2) is 0 Å². The second-order valence-electron chi connectivity index (χ2n) is 2.41. The average Bonchev–Trinajstić information content (AvgIpc) is 2.56. The van der Waals surface area contributed by atoms with Crippen LogP contribution in [0.5, 0.6) is 5.75 Å². The molecule has 0 spiro atoms. The van der Waals surface area contributed by atoms with Crippen LogP contribution in [0.4, 0.5) is 0 Å². The van der Waals surface area contributed by atoms with Gasteiger partial charge in [0, 0.05) is 11.8 Å². The Morgan fingerprint density at radius 1 is 1.33 bits per heavy atom. The molecule has 0 radical (unpaired) electrons. The van der Waals surface area contributed by atoms with Gasteiger partial charge in [0.05, 0.1) is 12.5 Å². The molecule has 0 amide bonds. The molecule has 0 unspecified atom stereocenters. The van der Waals surface area contributed by atoms with Gasteiger partial charge in [-0.3, -0.25) is 4.98 Å². The molecular weight excluding hydrogens is 154 g/mol. The topological polar surface area (TPSA) is 46.3 Å². The van der Waals surface area contributed by atoms with Crippen LogP contribution < -0.4 is 0 Å². The van der Waals surface area contributed by atoms with E-state index >= 15 is 0 Å². The summed E-state index contributed by atoms with van der Waals surface area (Å²) in [6.45, 7) is 0. The minimum Gasteiger partial charge on any atom is -0.506 e. The zero-order valence-electron chi connectivity index (χ0n) is 6.27. The van der Waals surface area contributed by atoms with Gasteiger partial charge in [-0.2, -0.15) is 0 Å². The highest BCUT2D eigenvalue weighted by Gasteiger charge is 2.00. The molecule has 0 bridgehead atoms. The Kier molecular flexibility index (Phi) is 1.55. The highest BCUT2D eigenvalue weighted by Crippen LogP contribution is 2.21. The first-order chi connectivity index (χ1) is 5.86. The Morgan fingerprint density at radius 3 is 2.92 bits per heavy atom. The smallest absolute Gasteiger partial charge is 0.135 e. The Morgan fingerprint density at radius 2 is 2.25 bits per heavy atom. The van der Waals surface area contributed by atoms with E-state index < -0.39 is 0 Å². The van der Waals surface area contributed by atoms with Crippen LogP contribution in [-0.2, 0) is 0 Å². The van der Waals surface area contributed by atoms with Gasteiger partial charge in [-0.05, 0) is 18.2 Å². The third kappa shape index (κ3) is 1.16. The zero-order chi connectivity index (χ0) is 8.39. The van der Waals surface area contributed by atoms with Gasteiger partial charge in [-0.1, -0.05) is 0 Å². The van der Waals surface area contributed by atoms with Crippen LogP contribution in [0.3, 0.4) is 0 Å². The molecule has 1 N–H and O–H groups in total. The van der Waals surface area contributed by atoms with Crippen LogP contribution in [-0.4, -0.2) is 10.1 Å². The van der Waals surface area contributed by atoms with Crippen molar-refractivity contribution >= 4 is 0 Å². The van der Waals surface area contributed by atoms with Crippen molar-refractivity contribution in [3.05, 3.63) is 36.9 Å². The Bertz CT molecular complexity index is 368. The second kappa shape index (κ2) is 2.70. The van der Waals surface area contributed by atoms with Gasteiger partial charge < -0.3 is 9.52 Å². The summed E-state index contributed by atoms with van der Waals surface area (Å²) in [5.41, 5.74) is 0.778. The standard InChI is InChI=1S/C9H7NO2/c11-8-4-7(5-10-6-8)9-2-1-3-12-9/h1-6,11H. The molecule has 3 heteroatoms. The highest BCUT2D eigenvalue weighted by atomic mass is 16.3. The molecule has 0 aliphatic rings. The number of furan rings is 1. The van der Waals surface area contributed by atoms with E-state index in [0.717, 1.165) is 5.56 Å². The van der Waals surface area contributed by atoms with Crippen molar-refractivity contribution in [2.75, 3.05) is 0 Å². The molecule has 3 nitrogen and oxygen atoms in total. The van der Waals surface area contributed by atoms with Crippen LogP contribution in [0.25, 0.3) is 11.3 Å².